The maximum Gasteiger partial charge on any atom is 0.273 e. The Morgan fingerprint density at radius 1 is 1.11 bits per heavy atom. The third-order valence-electron chi connectivity index (χ3n) is 4.42. The van der Waals surface area contributed by atoms with E-state index in [1.54, 1.807) is 17.9 Å². The molecule has 0 saturated carbocycles. The summed E-state index contributed by atoms with van der Waals surface area (Å²) in [6.45, 7) is 7.78. The van der Waals surface area contributed by atoms with E-state index < -0.39 is 0 Å². The molecule has 6 nitrogen and oxygen atoms in total. The lowest BCUT2D eigenvalue weighted by atomic mass is 10.1. The van der Waals surface area contributed by atoms with Gasteiger partial charge in [0.25, 0.3) is 5.56 Å². The zero-order valence-corrected chi connectivity index (χ0v) is 17.6. The van der Waals surface area contributed by atoms with E-state index in [1.807, 2.05) is 46.0 Å². The van der Waals surface area contributed by atoms with E-state index in [1.165, 1.54) is 0 Å². The van der Waals surface area contributed by atoms with Gasteiger partial charge in [0.1, 0.15) is 16.0 Å². The van der Waals surface area contributed by atoms with Crippen LogP contribution in [0.3, 0.4) is 0 Å². The number of aryl methyl sites for hydroxylation is 4. The Kier molecular flexibility index (Phi) is 5.41. The first-order valence-corrected chi connectivity index (χ1v) is 9.42. The van der Waals surface area contributed by atoms with Crippen LogP contribution >= 0.6 is 15.9 Å². The van der Waals surface area contributed by atoms with Gasteiger partial charge in [0.05, 0.1) is 24.2 Å². The van der Waals surface area contributed by atoms with Gasteiger partial charge in [-0.25, -0.2) is 9.97 Å². The van der Waals surface area contributed by atoms with Gasteiger partial charge in [-0.15, -0.1) is 0 Å². The topological polar surface area (TPSA) is 69.9 Å². The van der Waals surface area contributed by atoms with Crippen LogP contribution in [-0.4, -0.2) is 26.6 Å². The van der Waals surface area contributed by atoms with Crippen LogP contribution in [0.15, 0.2) is 33.8 Å². The standard InChI is InChI=1S/C20H21BrN4O2/c1-6-17-23-10-12(3)19(24-17)14-8-15(11(2)9-22-14)25-13(4)7-16(27-5)18(21)20(25)26/h7-10H,6H2,1-5H3. The molecule has 3 rings (SSSR count). The number of hydrogen-bond donors (Lipinski definition) is 0. The molecule has 0 N–H and O–H groups in total. The van der Waals surface area contributed by atoms with Crippen LogP contribution in [0.5, 0.6) is 5.75 Å². The molecule has 0 unspecified atom stereocenters. The van der Waals surface area contributed by atoms with Crippen molar-refractivity contribution in [2.45, 2.75) is 34.1 Å². The van der Waals surface area contributed by atoms with Crippen molar-refractivity contribution in [1.82, 2.24) is 19.5 Å². The minimum atomic E-state index is -0.180. The van der Waals surface area contributed by atoms with Crippen molar-refractivity contribution >= 4 is 15.9 Å². The molecule has 7 heteroatoms. The average Bonchev–Trinajstić information content (AvgIpc) is 2.66. The molecule has 140 valence electrons. The van der Waals surface area contributed by atoms with Gasteiger partial charge < -0.3 is 4.74 Å². The maximum atomic E-state index is 12.9. The van der Waals surface area contributed by atoms with Crippen molar-refractivity contribution in [3.63, 3.8) is 0 Å². The zero-order valence-electron chi connectivity index (χ0n) is 16.0. The number of ether oxygens (including phenoxy) is 1. The predicted octanol–water partition coefficient (Wildman–Crippen LogP) is 3.95. The Morgan fingerprint density at radius 3 is 2.48 bits per heavy atom. The fourth-order valence-corrected chi connectivity index (χ4v) is 3.37. The third-order valence-corrected chi connectivity index (χ3v) is 5.15. The highest BCUT2D eigenvalue weighted by atomic mass is 79.9. The van der Waals surface area contributed by atoms with Crippen LogP contribution in [-0.2, 0) is 6.42 Å². The molecule has 0 aliphatic rings. The second-order valence-corrected chi connectivity index (χ2v) is 7.13. The maximum absolute atomic E-state index is 12.9. The molecule has 0 radical (unpaired) electrons. The van der Waals surface area contributed by atoms with Crippen LogP contribution in [0, 0.1) is 20.8 Å². The molecular formula is C20H21BrN4O2. The molecular weight excluding hydrogens is 408 g/mol. The lowest BCUT2D eigenvalue weighted by Crippen LogP contribution is -2.22. The normalized spacial score (nSPS) is 10.9. The Bertz CT molecular complexity index is 1080. The molecule has 0 bridgehead atoms. The largest absolute Gasteiger partial charge is 0.495 e. The van der Waals surface area contributed by atoms with E-state index in [2.05, 4.69) is 30.9 Å². The van der Waals surface area contributed by atoms with E-state index >= 15 is 0 Å². The summed E-state index contributed by atoms with van der Waals surface area (Å²) in [4.78, 5) is 26.4. The first-order chi connectivity index (χ1) is 12.9. The van der Waals surface area contributed by atoms with Crippen LogP contribution < -0.4 is 10.3 Å². The Hall–Kier alpha value is -2.54. The number of methoxy groups -OCH3 is 1. The average molecular weight is 429 g/mol. The molecule has 0 spiro atoms. The summed E-state index contributed by atoms with van der Waals surface area (Å²) in [5, 5.41) is 0. The Balaban J connectivity index is 2.25. The summed E-state index contributed by atoms with van der Waals surface area (Å²) in [6.07, 6.45) is 4.32. The lowest BCUT2D eigenvalue weighted by molar-refractivity contribution is 0.409. The number of halogens is 1. The van der Waals surface area contributed by atoms with Crippen LogP contribution in [0.25, 0.3) is 17.1 Å². The van der Waals surface area contributed by atoms with Gasteiger partial charge in [0, 0.05) is 30.6 Å². The number of rotatable bonds is 4. The zero-order chi connectivity index (χ0) is 19.7. The first kappa shape index (κ1) is 19.2. The van der Waals surface area contributed by atoms with E-state index in [-0.39, 0.29) is 5.56 Å². The molecule has 0 fully saturated rings. The van der Waals surface area contributed by atoms with Crippen molar-refractivity contribution < 1.29 is 4.74 Å². The van der Waals surface area contributed by atoms with Crippen LogP contribution in [0.1, 0.15) is 29.6 Å². The quantitative estimate of drug-likeness (QED) is 0.628. The molecule has 0 atom stereocenters. The predicted molar refractivity (Wildman–Crippen MR) is 109 cm³/mol. The second kappa shape index (κ2) is 7.60. The summed E-state index contributed by atoms with van der Waals surface area (Å²) < 4.78 is 7.32. The van der Waals surface area contributed by atoms with Crippen LogP contribution in [0.4, 0.5) is 0 Å². The Labute approximate surface area is 166 Å². The molecule has 0 saturated heterocycles. The van der Waals surface area contributed by atoms with Gasteiger partial charge >= 0.3 is 0 Å². The highest BCUT2D eigenvalue weighted by Gasteiger charge is 2.16. The van der Waals surface area contributed by atoms with E-state index in [0.717, 1.165) is 40.4 Å². The lowest BCUT2D eigenvalue weighted by Gasteiger charge is -2.16. The molecule has 3 aromatic rings. The van der Waals surface area contributed by atoms with Gasteiger partial charge in [-0.1, -0.05) is 6.92 Å². The van der Waals surface area contributed by atoms with E-state index in [0.29, 0.717) is 15.9 Å². The van der Waals surface area contributed by atoms with Crippen molar-refractivity contribution in [3.8, 4) is 22.8 Å². The van der Waals surface area contributed by atoms with Crippen LogP contribution in [0.2, 0.25) is 0 Å². The smallest absolute Gasteiger partial charge is 0.273 e. The van der Waals surface area contributed by atoms with Gasteiger partial charge in [0.15, 0.2) is 0 Å². The number of pyridine rings is 2. The van der Waals surface area contributed by atoms with Gasteiger partial charge in [-0.2, -0.15) is 0 Å². The summed E-state index contributed by atoms with van der Waals surface area (Å²) >= 11 is 3.35. The minimum Gasteiger partial charge on any atom is -0.495 e. The number of aromatic nitrogens is 4. The van der Waals surface area contributed by atoms with Crippen molar-refractivity contribution in [1.29, 1.82) is 0 Å². The summed E-state index contributed by atoms with van der Waals surface area (Å²) in [7, 11) is 1.54. The van der Waals surface area contributed by atoms with Crippen molar-refractivity contribution in [3.05, 3.63) is 62.0 Å². The summed E-state index contributed by atoms with van der Waals surface area (Å²) in [5.74, 6) is 1.28. The molecule has 27 heavy (non-hydrogen) atoms. The second-order valence-electron chi connectivity index (χ2n) is 6.34. The summed E-state index contributed by atoms with van der Waals surface area (Å²) in [5.41, 5.74) is 4.68. The number of nitrogens with zero attached hydrogens (tertiary/aromatic N) is 4. The fourth-order valence-electron chi connectivity index (χ4n) is 2.92. The Morgan fingerprint density at radius 2 is 1.81 bits per heavy atom. The van der Waals surface area contributed by atoms with Crippen molar-refractivity contribution in [2.24, 2.45) is 0 Å². The van der Waals surface area contributed by atoms with Gasteiger partial charge in [-0.3, -0.25) is 14.3 Å². The van der Waals surface area contributed by atoms with Gasteiger partial charge in [0.2, 0.25) is 0 Å². The molecule has 3 heterocycles. The molecule has 0 aliphatic heterocycles. The SMILES string of the molecule is CCc1ncc(C)c(-c2cc(-n3c(C)cc(OC)c(Br)c3=O)c(C)cn2)n1. The van der Waals surface area contributed by atoms with E-state index in [4.69, 9.17) is 4.74 Å². The van der Waals surface area contributed by atoms with E-state index in [9.17, 15) is 4.79 Å². The number of hydrogen-bond acceptors (Lipinski definition) is 5. The molecule has 0 aromatic carbocycles. The molecule has 0 aliphatic carbocycles. The first-order valence-electron chi connectivity index (χ1n) is 8.63. The third kappa shape index (κ3) is 3.51. The fraction of sp³-hybridized carbons (Fsp3) is 0.300. The highest BCUT2D eigenvalue weighted by molar-refractivity contribution is 9.10. The van der Waals surface area contributed by atoms with Gasteiger partial charge in [-0.05, 0) is 53.9 Å². The highest BCUT2D eigenvalue weighted by Crippen LogP contribution is 2.27. The summed E-state index contributed by atoms with van der Waals surface area (Å²) in [6, 6.07) is 3.73. The molecule has 3 aromatic heterocycles. The van der Waals surface area contributed by atoms with Crippen molar-refractivity contribution in [2.75, 3.05) is 7.11 Å². The minimum absolute atomic E-state index is 0.180. The molecule has 0 amide bonds. The monoisotopic (exact) mass is 428 g/mol.